The van der Waals surface area contributed by atoms with Crippen LogP contribution in [-0.2, 0) is 9.53 Å². The monoisotopic (exact) mass is 213 g/mol. The number of nitrogens with zero attached hydrogens (tertiary/aromatic N) is 1. The van der Waals surface area contributed by atoms with Crippen molar-refractivity contribution in [1.82, 2.24) is 4.90 Å². The molecular formula is C11H19NO3. The maximum Gasteiger partial charge on any atom is 0.231 e. The second-order valence-electron chi connectivity index (χ2n) is 5.56. The van der Waals surface area contributed by atoms with Crippen molar-refractivity contribution in [3.8, 4) is 0 Å². The zero-order valence-electron chi connectivity index (χ0n) is 9.78. The van der Waals surface area contributed by atoms with Crippen molar-refractivity contribution in [2.75, 3.05) is 6.61 Å². The highest BCUT2D eigenvalue weighted by Gasteiger charge is 2.54. The van der Waals surface area contributed by atoms with Gasteiger partial charge in [0.15, 0.2) is 0 Å². The molecule has 0 radical (unpaired) electrons. The Balaban J connectivity index is 2.25. The highest BCUT2D eigenvalue weighted by atomic mass is 16.5. The molecule has 0 bridgehead atoms. The Labute approximate surface area is 90.2 Å². The number of hydrogen-bond donors (Lipinski definition) is 1. The minimum absolute atomic E-state index is 0.0231. The molecule has 0 aromatic heterocycles. The first-order chi connectivity index (χ1) is 6.73. The summed E-state index contributed by atoms with van der Waals surface area (Å²) in [5, 5.41) is 9.92. The van der Waals surface area contributed by atoms with Crippen molar-refractivity contribution in [3.05, 3.63) is 0 Å². The molecule has 4 nitrogen and oxygen atoms in total. The summed E-state index contributed by atoms with van der Waals surface area (Å²) in [7, 11) is 0. The third-order valence-electron chi connectivity index (χ3n) is 3.47. The molecule has 2 atom stereocenters. The molecule has 0 aromatic carbocycles. The second kappa shape index (κ2) is 2.95. The highest BCUT2D eigenvalue weighted by molar-refractivity contribution is 5.83. The molecule has 2 aliphatic heterocycles. The van der Waals surface area contributed by atoms with Crippen LogP contribution in [0.3, 0.4) is 0 Å². The number of carbonyl (C=O) groups is 1. The van der Waals surface area contributed by atoms with Crippen molar-refractivity contribution in [1.29, 1.82) is 0 Å². The SMILES string of the molecule is CC(C)(O)C1C[C@@H]2COC(C)(C)N2C1=O. The molecule has 1 unspecified atom stereocenters. The molecule has 86 valence electrons. The van der Waals surface area contributed by atoms with Gasteiger partial charge >= 0.3 is 0 Å². The summed E-state index contributed by atoms with van der Waals surface area (Å²) < 4.78 is 5.56. The lowest BCUT2D eigenvalue weighted by molar-refractivity contribution is -0.150. The van der Waals surface area contributed by atoms with Crippen LogP contribution in [0.5, 0.6) is 0 Å². The number of fused-ring (bicyclic) bond motifs is 1. The van der Waals surface area contributed by atoms with Crippen LogP contribution in [0.15, 0.2) is 0 Å². The molecule has 2 fully saturated rings. The van der Waals surface area contributed by atoms with E-state index in [1.165, 1.54) is 0 Å². The van der Waals surface area contributed by atoms with E-state index in [1.54, 1.807) is 18.7 Å². The molecular weight excluding hydrogens is 194 g/mol. The van der Waals surface area contributed by atoms with Crippen molar-refractivity contribution < 1.29 is 14.6 Å². The Morgan fingerprint density at radius 2 is 2.13 bits per heavy atom. The molecule has 0 aliphatic carbocycles. The predicted molar refractivity (Wildman–Crippen MR) is 55.1 cm³/mol. The number of amides is 1. The van der Waals surface area contributed by atoms with Crippen LogP contribution in [0.1, 0.15) is 34.1 Å². The first kappa shape index (κ1) is 10.9. The van der Waals surface area contributed by atoms with Crippen LogP contribution in [0.2, 0.25) is 0 Å². The highest BCUT2D eigenvalue weighted by Crippen LogP contribution is 2.41. The van der Waals surface area contributed by atoms with Crippen LogP contribution in [0.25, 0.3) is 0 Å². The summed E-state index contributed by atoms with van der Waals surface area (Å²) >= 11 is 0. The molecule has 0 aromatic rings. The molecule has 2 rings (SSSR count). The van der Waals surface area contributed by atoms with Crippen molar-refractivity contribution in [2.24, 2.45) is 5.92 Å². The van der Waals surface area contributed by atoms with Gasteiger partial charge < -0.3 is 14.7 Å². The zero-order chi connectivity index (χ0) is 11.4. The first-order valence-electron chi connectivity index (χ1n) is 5.43. The van der Waals surface area contributed by atoms with E-state index < -0.39 is 11.3 Å². The lowest BCUT2D eigenvalue weighted by Gasteiger charge is -2.31. The average molecular weight is 213 g/mol. The summed E-state index contributed by atoms with van der Waals surface area (Å²) in [5.41, 5.74) is -1.45. The van der Waals surface area contributed by atoms with E-state index in [0.717, 1.165) is 0 Å². The quantitative estimate of drug-likeness (QED) is 0.699. The summed E-state index contributed by atoms with van der Waals surface area (Å²) in [4.78, 5) is 13.9. The smallest absolute Gasteiger partial charge is 0.231 e. The molecule has 2 aliphatic rings. The summed E-state index contributed by atoms with van der Waals surface area (Å²) in [6.07, 6.45) is 0.700. The normalized spacial score (nSPS) is 34.7. The van der Waals surface area contributed by atoms with Crippen molar-refractivity contribution in [2.45, 2.75) is 51.5 Å². The van der Waals surface area contributed by atoms with Gasteiger partial charge in [0.25, 0.3) is 0 Å². The van der Waals surface area contributed by atoms with Gasteiger partial charge in [0.1, 0.15) is 5.72 Å². The van der Waals surface area contributed by atoms with Gasteiger partial charge in [-0.25, -0.2) is 0 Å². The summed E-state index contributed by atoms with van der Waals surface area (Å²) in [6.45, 7) is 7.79. The van der Waals surface area contributed by atoms with Gasteiger partial charge in [0, 0.05) is 0 Å². The Hall–Kier alpha value is -0.610. The van der Waals surface area contributed by atoms with E-state index in [1.807, 2.05) is 13.8 Å². The standard InChI is InChI=1S/C11H19NO3/c1-10(2,14)8-5-7-6-15-11(3,4)12(7)9(8)13/h7-8,14H,5-6H2,1-4H3/t7-,8?/m1/s1. The van der Waals surface area contributed by atoms with Crippen LogP contribution in [0.4, 0.5) is 0 Å². The van der Waals surface area contributed by atoms with Gasteiger partial charge in [0.05, 0.1) is 24.2 Å². The van der Waals surface area contributed by atoms with E-state index >= 15 is 0 Å². The van der Waals surface area contributed by atoms with Gasteiger partial charge in [-0.3, -0.25) is 4.79 Å². The molecule has 0 spiro atoms. The molecule has 2 heterocycles. The number of carbonyl (C=O) groups excluding carboxylic acids is 1. The second-order valence-corrected chi connectivity index (χ2v) is 5.56. The van der Waals surface area contributed by atoms with Gasteiger partial charge in [-0.1, -0.05) is 0 Å². The third-order valence-corrected chi connectivity index (χ3v) is 3.47. The molecule has 4 heteroatoms. The van der Waals surface area contributed by atoms with E-state index in [2.05, 4.69) is 0 Å². The summed E-state index contributed by atoms with van der Waals surface area (Å²) in [6, 6.07) is 0.143. The molecule has 1 N–H and O–H groups in total. The number of hydrogen-bond acceptors (Lipinski definition) is 3. The Morgan fingerprint density at radius 3 is 2.60 bits per heavy atom. The average Bonchev–Trinajstić information content (AvgIpc) is 2.51. The van der Waals surface area contributed by atoms with Gasteiger partial charge in [0.2, 0.25) is 5.91 Å². The van der Waals surface area contributed by atoms with E-state index in [-0.39, 0.29) is 17.9 Å². The van der Waals surface area contributed by atoms with Crippen LogP contribution < -0.4 is 0 Å². The maximum atomic E-state index is 12.1. The Morgan fingerprint density at radius 1 is 1.53 bits per heavy atom. The minimum Gasteiger partial charge on any atom is -0.390 e. The minimum atomic E-state index is -0.933. The lowest BCUT2D eigenvalue weighted by Crippen LogP contribution is -2.46. The number of ether oxygens (including phenoxy) is 1. The fraction of sp³-hybridized carbons (Fsp3) is 0.909. The van der Waals surface area contributed by atoms with Gasteiger partial charge in [-0.2, -0.15) is 0 Å². The zero-order valence-corrected chi connectivity index (χ0v) is 9.78. The van der Waals surface area contributed by atoms with Gasteiger partial charge in [-0.15, -0.1) is 0 Å². The fourth-order valence-corrected chi connectivity index (χ4v) is 2.63. The molecule has 15 heavy (non-hydrogen) atoms. The van der Waals surface area contributed by atoms with Crippen molar-refractivity contribution in [3.63, 3.8) is 0 Å². The van der Waals surface area contributed by atoms with Crippen LogP contribution in [-0.4, -0.2) is 39.9 Å². The Bertz CT molecular complexity index is 293. The molecule has 1 amide bonds. The van der Waals surface area contributed by atoms with Crippen LogP contribution in [0, 0.1) is 5.92 Å². The van der Waals surface area contributed by atoms with Crippen LogP contribution >= 0.6 is 0 Å². The summed E-state index contributed by atoms with van der Waals surface area (Å²) in [5.74, 6) is -0.263. The first-order valence-corrected chi connectivity index (χ1v) is 5.43. The topological polar surface area (TPSA) is 49.8 Å². The third kappa shape index (κ3) is 1.56. The fourth-order valence-electron chi connectivity index (χ4n) is 2.63. The number of rotatable bonds is 1. The maximum absolute atomic E-state index is 12.1. The lowest BCUT2D eigenvalue weighted by atomic mass is 9.88. The largest absolute Gasteiger partial charge is 0.390 e. The van der Waals surface area contributed by atoms with Gasteiger partial charge in [-0.05, 0) is 34.1 Å². The molecule has 2 saturated heterocycles. The molecule has 0 saturated carbocycles. The number of aliphatic hydroxyl groups is 1. The van der Waals surface area contributed by atoms with Crippen molar-refractivity contribution >= 4 is 5.91 Å². The van der Waals surface area contributed by atoms with E-state index in [9.17, 15) is 9.90 Å². The predicted octanol–water partition coefficient (Wildman–Crippen LogP) is 0.741. The van der Waals surface area contributed by atoms with E-state index in [0.29, 0.717) is 13.0 Å². The Kier molecular flexibility index (Phi) is 2.14. The van der Waals surface area contributed by atoms with E-state index in [4.69, 9.17) is 4.74 Å².